The lowest BCUT2D eigenvalue weighted by Crippen LogP contribution is -2.04. The number of thioether (sulfide) groups is 1. The zero-order valence-electron chi connectivity index (χ0n) is 10.1. The minimum Gasteiger partial charge on any atom is -0.369 e. The Bertz CT molecular complexity index is 580. The number of fused-ring (bicyclic) bond motifs is 1. The van der Waals surface area contributed by atoms with E-state index < -0.39 is 0 Å². The lowest BCUT2D eigenvalue weighted by atomic mass is 10.2. The highest BCUT2D eigenvalue weighted by molar-refractivity contribution is 9.10. The van der Waals surface area contributed by atoms with Crippen LogP contribution in [0.4, 0.5) is 5.82 Å². The molecule has 1 aliphatic rings. The van der Waals surface area contributed by atoms with Crippen molar-refractivity contribution in [1.82, 2.24) is 9.78 Å². The summed E-state index contributed by atoms with van der Waals surface area (Å²) in [6.45, 7) is 1.02. The van der Waals surface area contributed by atoms with Crippen LogP contribution in [-0.2, 0) is 12.2 Å². The second-order valence-electron chi connectivity index (χ2n) is 4.28. The molecule has 0 bridgehead atoms. The molecule has 0 unspecified atom stereocenters. The van der Waals surface area contributed by atoms with Gasteiger partial charge in [0.25, 0.3) is 0 Å². The highest BCUT2D eigenvalue weighted by Gasteiger charge is 2.22. The van der Waals surface area contributed by atoms with Crippen molar-refractivity contribution in [1.29, 1.82) is 0 Å². The molecule has 0 amide bonds. The van der Waals surface area contributed by atoms with Crippen molar-refractivity contribution in [3.05, 3.63) is 40.0 Å². The molecule has 2 aromatic rings. The van der Waals surface area contributed by atoms with Crippen LogP contribution in [-0.4, -0.2) is 22.6 Å². The Morgan fingerprint density at radius 2 is 2.39 bits per heavy atom. The van der Waals surface area contributed by atoms with E-state index in [4.69, 9.17) is 5.10 Å². The molecule has 3 rings (SSSR count). The molecule has 1 N–H and O–H groups in total. The molecule has 3 nitrogen and oxygen atoms in total. The van der Waals surface area contributed by atoms with Crippen LogP contribution in [0.3, 0.4) is 0 Å². The normalized spacial score (nSPS) is 13.4. The molecule has 5 heteroatoms. The summed E-state index contributed by atoms with van der Waals surface area (Å²) in [4.78, 5) is 0. The largest absolute Gasteiger partial charge is 0.369 e. The van der Waals surface area contributed by atoms with Gasteiger partial charge < -0.3 is 5.32 Å². The molecule has 0 saturated carbocycles. The van der Waals surface area contributed by atoms with Gasteiger partial charge in [0, 0.05) is 22.3 Å². The summed E-state index contributed by atoms with van der Waals surface area (Å²) in [6, 6.07) is 8.25. The van der Waals surface area contributed by atoms with Crippen molar-refractivity contribution < 1.29 is 0 Å². The molecule has 0 radical (unpaired) electrons. The van der Waals surface area contributed by atoms with Gasteiger partial charge in [-0.15, -0.1) is 0 Å². The van der Waals surface area contributed by atoms with Crippen LogP contribution in [0.1, 0.15) is 11.3 Å². The smallest absolute Gasteiger partial charge is 0.133 e. The number of halogens is 1. The maximum absolute atomic E-state index is 4.75. The first kappa shape index (κ1) is 12.1. The summed E-state index contributed by atoms with van der Waals surface area (Å²) in [5.74, 6) is 2.14. The Morgan fingerprint density at radius 3 is 3.17 bits per heavy atom. The predicted molar refractivity (Wildman–Crippen MR) is 80.7 cm³/mol. The number of benzene rings is 1. The molecule has 1 aliphatic heterocycles. The van der Waals surface area contributed by atoms with Gasteiger partial charge in [-0.1, -0.05) is 22.0 Å². The second-order valence-corrected chi connectivity index (χ2v) is 6.06. The van der Waals surface area contributed by atoms with E-state index in [-0.39, 0.29) is 0 Å². The quantitative estimate of drug-likeness (QED) is 0.938. The number of anilines is 1. The molecule has 1 aromatic carbocycles. The summed E-state index contributed by atoms with van der Waals surface area (Å²) < 4.78 is 3.10. The molecule has 0 spiro atoms. The maximum atomic E-state index is 4.75. The fraction of sp³-hybridized carbons (Fsp3) is 0.308. The van der Waals surface area contributed by atoms with Gasteiger partial charge in [0.15, 0.2) is 0 Å². The van der Waals surface area contributed by atoms with E-state index in [9.17, 15) is 0 Å². The summed E-state index contributed by atoms with van der Waals surface area (Å²) >= 11 is 5.33. The Labute approximate surface area is 119 Å². The highest BCUT2D eigenvalue weighted by atomic mass is 79.9. The highest BCUT2D eigenvalue weighted by Crippen LogP contribution is 2.30. The third-order valence-electron chi connectivity index (χ3n) is 3.07. The van der Waals surface area contributed by atoms with Crippen LogP contribution in [0.15, 0.2) is 28.7 Å². The van der Waals surface area contributed by atoms with Gasteiger partial charge in [0.05, 0.1) is 11.4 Å². The first-order chi connectivity index (χ1) is 8.79. The van der Waals surface area contributed by atoms with Gasteiger partial charge >= 0.3 is 0 Å². The molecule has 0 saturated heterocycles. The lowest BCUT2D eigenvalue weighted by molar-refractivity contribution is 0.852. The third-order valence-corrected chi connectivity index (χ3v) is 4.12. The Balaban J connectivity index is 2.10. The molecular formula is C13H14BrN3S. The van der Waals surface area contributed by atoms with E-state index in [1.807, 2.05) is 28.6 Å². The molecule has 18 heavy (non-hydrogen) atoms. The van der Waals surface area contributed by atoms with Crippen LogP contribution in [0.25, 0.3) is 5.69 Å². The molecule has 1 aromatic heterocycles. The van der Waals surface area contributed by atoms with Crippen LogP contribution in [0.2, 0.25) is 0 Å². The molecule has 94 valence electrons. The second kappa shape index (κ2) is 4.97. The standard InChI is InChI=1S/C13H14BrN3S/c1-18-8-12-11-5-6-15-13(11)17(16-12)10-4-2-3-9(14)7-10/h2-4,7,15H,5-6,8H2,1H3. The van der Waals surface area contributed by atoms with Gasteiger partial charge in [0.1, 0.15) is 5.82 Å². The van der Waals surface area contributed by atoms with E-state index in [0.29, 0.717) is 0 Å². The topological polar surface area (TPSA) is 29.9 Å². The first-order valence-corrected chi connectivity index (χ1v) is 8.08. The van der Waals surface area contributed by atoms with Crippen molar-refractivity contribution in [2.75, 3.05) is 18.1 Å². The van der Waals surface area contributed by atoms with Crippen molar-refractivity contribution in [3.63, 3.8) is 0 Å². The lowest BCUT2D eigenvalue weighted by Gasteiger charge is -2.06. The van der Waals surface area contributed by atoms with Gasteiger partial charge in [-0.3, -0.25) is 0 Å². The number of rotatable bonds is 3. The molecule has 0 aliphatic carbocycles. The third kappa shape index (κ3) is 2.06. The first-order valence-electron chi connectivity index (χ1n) is 5.89. The number of nitrogens with one attached hydrogen (secondary N) is 1. The average Bonchev–Trinajstić information content (AvgIpc) is 2.93. The van der Waals surface area contributed by atoms with E-state index >= 15 is 0 Å². The van der Waals surface area contributed by atoms with E-state index in [0.717, 1.165) is 34.7 Å². The zero-order valence-corrected chi connectivity index (χ0v) is 12.5. The zero-order chi connectivity index (χ0) is 12.5. The van der Waals surface area contributed by atoms with Gasteiger partial charge in [-0.2, -0.15) is 16.9 Å². The number of hydrogen-bond donors (Lipinski definition) is 1. The SMILES string of the molecule is CSCc1nn(-c2cccc(Br)c2)c2c1CCN2. The Morgan fingerprint density at radius 1 is 1.50 bits per heavy atom. The number of hydrogen-bond acceptors (Lipinski definition) is 3. The number of aromatic nitrogens is 2. The van der Waals surface area contributed by atoms with Crippen LogP contribution < -0.4 is 5.32 Å². The van der Waals surface area contributed by atoms with E-state index in [1.54, 1.807) is 0 Å². The maximum Gasteiger partial charge on any atom is 0.133 e. The molecule has 2 heterocycles. The average molecular weight is 324 g/mol. The van der Waals surface area contributed by atoms with Gasteiger partial charge in [-0.05, 0) is 30.9 Å². The monoisotopic (exact) mass is 323 g/mol. The minimum atomic E-state index is 0.977. The summed E-state index contributed by atoms with van der Waals surface area (Å²) in [5.41, 5.74) is 3.69. The fourth-order valence-electron chi connectivity index (χ4n) is 2.29. The summed E-state index contributed by atoms with van der Waals surface area (Å²) in [5, 5.41) is 8.19. The van der Waals surface area contributed by atoms with E-state index in [2.05, 4.69) is 39.6 Å². The Kier molecular flexibility index (Phi) is 3.35. The van der Waals surface area contributed by atoms with Gasteiger partial charge in [0.2, 0.25) is 0 Å². The molecular weight excluding hydrogens is 310 g/mol. The van der Waals surface area contributed by atoms with Gasteiger partial charge in [-0.25, -0.2) is 4.68 Å². The van der Waals surface area contributed by atoms with Crippen LogP contribution in [0, 0.1) is 0 Å². The van der Waals surface area contributed by atoms with Crippen molar-refractivity contribution in [2.24, 2.45) is 0 Å². The van der Waals surface area contributed by atoms with Crippen molar-refractivity contribution >= 4 is 33.5 Å². The summed E-state index contributed by atoms with van der Waals surface area (Å²) in [7, 11) is 0. The van der Waals surface area contributed by atoms with Crippen LogP contribution >= 0.6 is 27.7 Å². The predicted octanol–water partition coefficient (Wildman–Crippen LogP) is 3.47. The van der Waals surface area contributed by atoms with E-state index in [1.165, 1.54) is 11.3 Å². The van der Waals surface area contributed by atoms with Crippen LogP contribution in [0.5, 0.6) is 0 Å². The number of nitrogens with zero attached hydrogens (tertiary/aromatic N) is 2. The van der Waals surface area contributed by atoms with Crippen molar-refractivity contribution in [2.45, 2.75) is 12.2 Å². The molecule has 0 atom stereocenters. The minimum absolute atomic E-state index is 0.977. The van der Waals surface area contributed by atoms with Crippen molar-refractivity contribution in [3.8, 4) is 5.69 Å². The Hall–Kier alpha value is -0.940. The molecule has 0 fully saturated rings. The summed E-state index contributed by atoms with van der Waals surface area (Å²) in [6.07, 6.45) is 3.20. The fourth-order valence-corrected chi connectivity index (χ4v) is 3.19.